The van der Waals surface area contributed by atoms with Gasteiger partial charge in [0.15, 0.2) is 0 Å². The van der Waals surface area contributed by atoms with Crippen molar-refractivity contribution in [2.45, 2.75) is 25.9 Å². The Morgan fingerprint density at radius 1 is 1.39 bits per heavy atom. The number of rotatable bonds is 5. The maximum absolute atomic E-state index is 10.1. The van der Waals surface area contributed by atoms with Crippen molar-refractivity contribution in [3.63, 3.8) is 0 Å². The zero-order valence-electron chi connectivity index (χ0n) is 10.6. The fraction of sp³-hybridized carbons (Fsp3) is 0.357. The SMILES string of the molecule is COc1cccc(CC(O)Cc2nc(C)cs2)c1. The number of benzene rings is 1. The van der Waals surface area contributed by atoms with Crippen LogP contribution in [0, 0.1) is 6.92 Å². The predicted molar refractivity (Wildman–Crippen MR) is 73.3 cm³/mol. The van der Waals surface area contributed by atoms with E-state index in [1.807, 2.05) is 36.6 Å². The van der Waals surface area contributed by atoms with Crippen molar-refractivity contribution in [3.8, 4) is 5.75 Å². The Hall–Kier alpha value is -1.39. The third kappa shape index (κ3) is 3.55. The van der Waals surface area contributed by atoms with E-state index in [2.05, 4.69) is 4.98 Å². The molecule has 1 atom stereocenters. The van der Waals surface area contributed by atoms with Gasteiger partial charge in [0.05, 0.1) is 18.2 Å². The van der Waals surface area contributed by atoms with Crippen LogP contribution < -0.4 is 4.74 Å². The van der Waals surface area contributed by atoms with Gasteiger partial charge in [-0.25, -0.2) is 4.98 Å². The second-order valence-corrected chi connectivity index (χ2v) is 5.24. The second-order valence-electron chi connectivity index (χ2n) is 4.30. The van der Waals surface area contributed by atoms with Crippen LogP contribution in [0.4, 0.5) is 0 Å². The molecule has 4 heteroatoms. The molecule has 1 aromatic heterocycles. The van der Waals surface area contributed by atoms with Gasteiger partial charge in [0.25, 0.3) is 0 Å². The van der Waals surface area contributed by atoms with Crippen molar-refractivity contribution in [1.82, 2.24) is 4.98 Å². The van der Waals surface area contributed by atoms with Crippen LogP contribution in [0.1, 0.15) is 16.3 Å². The third-order valence-electron chi connectivity index (χ3n) is 2.68. The molecular formula is C14H17NO2S. The zero-order chi connectivity index (χ0) is 13.0. The van der Waals surface area contributed by atoms with Crippen molar-refractivity contribution in [3.05, 3.63) is 45.9 Å². The van der Waals surface area contributed by atoms with Gasteiger partial charge in [0, 0.05) is 17.5 Å². The highest BCUT2D eigenvalue weighted by molar-refractivity contribution is 7.09. The summed E-state index contributed by atoms with van der Waals surface area (Å²) in [6, 6.07) is 7.80. The van der Waals surface area contributed by atoms with Crippen LogP contribution in [0.25, 0.3) is 0 Å². The number of nitrogens with zero attached hydrogens (tertiary/aromatic N) is 1. The minimum Gasteiger partial charge on any atom is -0.497 e. The average molecular weight is 263 g/mol. The van der Waals surface area contributed by atoms with Gasteiger partial charge in [-0.05, 0) is 31.0 Å². The zero-order valence-corrected chi connectivity index (χ0v) is 11.4. The Morgan fingerprint density at radius 3 is 2.89 bits per heavy atom. The first-order chi connectivity index (χ1) is 8.67. The number of aliphatic hydroxyl groups is 1. The van der Waals surface area contributed by atoms with Gasteiger partial charge in [-0.3, -0.25) is 0 Å². The van der Waals surface area contributed by atoms with E-state index >= 15 is 0 Å². The molecule has 0 fully saturated rings. The summed E-state index contributed by atoms with van der Waals surface area (Å²) in [7, 11) is 1.65. The van der Waals surface area contributed by atoms with E-state index in [4.69, 9.17) is 4.74 Å². The van der Waals surface area contributed by atoms with Gasteiger partial charge in [0.2, 0.25) is 0 Å². The van der Waals surface area contributed by atoms with E-state index in [0.717, 1.165) is 22.0 Å². The molecule has 96 valence electrons. The lowest BCUT2D eigenvalue weighted by atomic mass is 10.1. The average Bonchev–Trinajstić information content (AvgIpc) is 2.74. The molecule has 1 aromatic carbocycles. The first-order valence-corrected chi connectivity index (χ1v) is 6.77. The molecule has 0 aliphatic carbocycles. The summed E-state index contributed by atoms with van der Waals surface area (Å²) in [4.78, 5) is 4.36. The smallest absolute Gasteiger partial charge is 0.119 e. The molecule has 2 aromatic rings. The van der Waals surface area contributed by atoms with Crippen LogP contribution in [-0.4, -0.2) is 23.3 Å². The molecule has 0 radical (unpaired) electrons. The molecule has 1 N–H and O–H groups in total. The number of aryl methyl sites for hydroxylation is 1. The number of hydrogen-bond donors (Lipinski definition) is 1. The summed E-state index contributed by atoms with van der Waals surface area (Å²) in [6.45, 7) is 1.97. The van der Waals surface area contributed by atoms with E-state index in [1.54, 1.807) is 18.4 Å². The molecule has 0 aliphatic heterocycles. The second kappa shape index (κ2) is 5.98. The van der Waals surface area contributed by atoms with Crippen molar-refractivity contribution >= 4 is 11.3 Å². The molecule has 0 bridgehead atoms. The largest absolute Gasteiger partial charge is 0.497 e. The van der Waals surface area contributed by atoms with Gasteiger partial charge < -0.3 is 9.84 Å². The Morgan fingerprint density at radius 2 is 2.22 bits per heavy atom. The van der Waals surface area contributed by atoms with Gasteiger partial charge in [0.1, 0.15) is 5.75 Å². The summed E-state index contributed by atoms with van der Waals surface area (Å²) in [5.41, 5.74) is 2.10. The predicted octanol–water partition coefficient (Wildman–Crippen LogP) is 2.61. The number of aliphatic hydroxyl groups excluding tert-OH is 1. The van der Waals surface area contributed by atoms with Crippen molar-refractivity contribution in [2.24, 2.45) is 0 Å². The minimum absolute atomic E-state index is 0.400. The number of methoxy groups -OCH3 is 1. The standard InChI is InChI=1S/C14H17NO2S/c1-10-9-18-14(15-10)8-12(16)6-11-4-3-5-13(7-11)17-2/h3-5,7,9,12,16H,6,8H2,1-2H3. The highest BCUT2D eigenvalue weighted by atomic mass is 32.1. The quantitative estimate of drug-likeness (QED) is 0.901. The molecule has 1 unspecified atom stereocenters. The third-order valence-corrected chi connectivity index (χ3v) is 3.67. The van der Waals surface area contributed by atoms with Crippen molar-refractivity contribution in [2.75, 3.05) is 7.11 Å². The number of ether oxygens (including phenoxy) is 1. The van der Waals surface area contributed by atoms with Crippen LogP contribution >= 0.6 is 11.3 Å². The summed E-state index contributed by atoms with van der Waals surface area (Å²) in [5.74, 6) is 0.824. The number of thiazole rings is 1. The Bertz CT molecular complexity index is 510. The fourth-order valence-electron chi connectivity index (χ4n) is 1.84. The fourth-order valence-corrected chi connectivity index (χ4v) is 2.69. The van der Waals surface area contributed by atoms with E-state index in [0.29, 0.717) is 12.8 Å². The lowest BCUT2D eigenvalue weighted by Gasteiger charge is -2.09. The lowest BCUT2D eigenvalue weighted by molar-refractivity contribution is 0.175. The summed E-state index contributed by atoms with van der Waals surface area (Å²) in [6.07, 6.45) is 0.827. The number of aromatic nitrogens is 1. The minimum atomic E-state index is -0.400. The van der Waals surface area contributed by atoms with Gasteiger partial charge in [-0.15, -0.1) is 11.3 Å². The summed E-state index contributed by atoms with van der Waals surface area (Å²) < 4.78 is 5.17. The summed E-state index contributed by atoms with van der Waals surface area (Å²) in [5, 5.41) is 13.1. The molecular weight excluding hydrogens is 246 g/mol. The van der Waals surface area contributed by atoms with E-state index < -0.39 is 6.10 Å². The summed E-state index contributed by atoms with van der Waals surface area (Å²) >= 11 is 1.60. The highest BCUT2D eigenvalue weighted by Crippen LogP contribution is 2.16. The topological polar surface area (TPSA) is 42.4 Å². The molecule has 18 heavy (non-hydrogen) atoms. The molecule has 1 heterocycles. The highest BCUT2D eigenvalue weighted by Gasteiger charge is 2.10. The lowest BCUT2D eigenvalue weighted by Crippen LogP contribution is -2.13. The maximum atomic E-state index is 10.1. The molecule has 0 spiro atoms. The first kappa shape index (κ1) is 13.1. The van der Waals surface area contributed by atoms with Crippen LogP contribution in [0.3, 0.4) is 0 Å². The van der Waals surface area contributed by atoms with Crippen molar-refractivity contribution < 1.29 is 9.84 Å². The molecule has 0 aliphatic rings. The molecule has 0 amide bonds. The van der Waals surface area contributed by atoms with Crippen LogP contribution in [0.15, 0.2) is 29.6 Å². The Kier molecular flexibility index (Phi) is 4.33. The molecule has 2 rings (SSSR count). The van der Waals surface area contributed by atoms with Crippen LogP contribution in [0.2, 0.25) is 0 Å². The Balaban J connectivity index is 1.96. The first-order valence-electron chi connectivity index (χ1n) is 5.89. The van der Waals surface area contributed by atoms with Gasteiger partial charge in [-0.1, -0.05) is 12.1 Å². The normalized spacial score (nSPS) is 12.4. The maximum Gasteiger partial charge on any atom is 0.119 e. The van der Waals surface area contributed by atoms with Crippen LogP contribution in [0.5, 0.6) is 5.75 Å². The van der Waals surface area contributed by atoms with Gasteiger partial charge >= 0.3 is 0 Å². The monoisotopic (exact) mass is 263 g/mol. The van der Waals surface area contributed by atoms with Gasteiger partial charge in [-0.2, -0.15) is 0 Å². The number of hydrogen-bond acceptors (Lipinski definition) is 4. The van der Waals surface area contributed by atoms with E-state index in [1.165, 1.54) is 0 Å². The molecule has 0 saturated carbocycles. The molecule has 3 nitrogen and oxygen atoms in total. The Labute approximate surface area is 111 Å². The molecule has 0 saturated heterocycles. The van der Waals surface area contributed by atoms with Crippen molar-refractivity contribution in [1.29, 1.82) is 0 Å². The van der Waals surface area contributed by atoms with Crippen LogP contribution in [-0.2, 0) is 12.8 Å². The van der Waals surface area contributed by atoms with E-state index in [-0.39, 0.29) is 0 Å². The van der Waals surface area contributed by atoms with E-state index in [9.17, 15) is 5.11 Å².